The van der Waals surface area contributed by atoms with Gasteiger partial charge in [-0.3, -0.25) is 4.79 Å². The number of fused-ring (bicyclic) bond motifs is 3. The zero-order chi connectivity index (χ0) is 27.8. The monoisotopic (exact) mass is 597 g/mol. The zero-order valence-corrected chi connectivity index (χ0v) is 25.4. The summed E-state index contributed by atoms with van der Waals surface area (Å²) in [7, 11) is 0. The van der Waals surface area contributed by atoms with Crippen molar-refractivity contribution in [2.24, 2.45) is 17.8 Å². The van der Waals surface area contributed by atoms with Crippen LogP contribution in [0.4, 0.5) is 0 Å². The summed E-state index contributed by atoms with van der Waals surface area (Å²) in [6.07, 6.45) is 12.3. The molecule has 6 rings (SSSR count). The molecule has 0 radical (unpaired) electrons. The fourth-order valence-electron chi connectivity index (χ4n) is 7.79. The number of hydrogen-bond acceptors (Lipinski definition) is 2. The Labute approximate surface area is 252 Å². The van der Waals surface area contributed by atoms with E-state index in [1.54, 1.807) is 6.07 Å². The normalized spacial score (nSPS) is 26.1. The predicted molar refractivity (Wildman–Crippen MR) is 164 cm³/mol. The molecular weight excluding hydrogens is 561 g/mol. The number of halogens is 3. The highest BCUT2D eigenvalue weighted by molar-refractivity contribution is 6.35. The molecule has 3 aromatic rings. The second-order valence-corrected chi connectivity index (χ2v) is 13.5. The Kier molecular flexibility index (Phi) is 8.49. The molecule has 40 heavy (non-hydrogen) atoms. The summed E-state index contributed by atoms with van der Waals surface area (Å²) in [5.41, 5.74) is 4.74. The van der Waals surface area contributed by atoms with Crippen LogP contribution < -0.4 is 5.32 Å². The van der Waals surface area contributed by atoms with Crippen molar-refractivity contribution in [3.05, 3.63) is 80.0 Å². The quantitative estimate of drug-likeness (QED) is 0.288. The molecule has 2 saturated carbocycles. The van der Waals surface area contributed by atoms with Crippen molar-refractivity contribution in [3.8, 4) is 5.69 Å². The molecule has 2 aromatic carbocycles. The van der Waals surface area contributed by atoms with E-state index in [2.05, 4.69) is 24.4 Å². The molecule has 5 atom stereocenters. The van der Waals surface area contributed by atoms with Crippen LogP contribution in [-0.4, -0.2) is 21.7 Å². The largest absolute Gasteiger partial charge is 0.347 e. The molecule has 3 aliphatic carbocycles. The van der Waals surface area contributed by atoms with E-state index >= 15 is 0 Å². The maximum absolute atomic E-state index is 14.2. The first-order chi connectivity index (χ1) is 19.4. The predicted octanol–water partition coefficient (Wildman–Crippen LogP) is 9.22. The second-order valence-electron chi connectivity index (χ2n) is 12.2. The topological polar surface area (TPSA) is 46.9 Å². The Morgan fingerprint density at radius 1 is 0.975 bits per heavy atom. The van der Waals surface area contributed by atoms with E-state index in [-0.39, 0.29) is 17.9 Å². The number of amides is 1. The third-order valence-corrected chi connectivity index (χ3v) is 10.5. The van der Waals surface area contributed by atoms with E-state index < -0.39 is 0 Å². The van der Waals surface area contributed by atoms with E-state index in [4.69, 9.17) is 39.9 Å². The summed E-state index contributed by atoms with van der Waals surface area (Å²) in [4.78, 5) is 14.2. The van der Waals surface area contributed by atoms with Crippen molar-refractivity contribution in [2.75, 3.05) is 0 Å². The van der Waals surface area contributed by atoms with Crippen molar-refractivity contribution in [2.45, 2.75) is 89.5 Å². The first kappa shape index (κ1) is 28.1. The molecule has 0 spiro atoms. The fourth-order valence-corrected chi connectivity index (χ4v) is 8.40. The van der Waals surface area contributed by atoms with Gasteiger partial charge in [0.25, 0.3) is 5.91 Å². The third kappa shape index (κ3) is 5.69. The lowest BCUT2D eigenvalue weighted by Crippen LogP contribution is -2.50. The van der Waals surface area contributed by atoms with Crippen LogP contribution in [0.2, 0.25) is 15.1 Å². The maximum atomic E-state index is 14.2. The molecule has 2 bridgehead atoms. The Bertz CT molecular complexity index is 1370. The summed E-state index contributed by atoms with van der Waals surface area (Å²) >= 11 is 19.2. The van der Waals surface area contributed by atoms with Crippen LogP contribution in [0.15, 0.2) is 42.5 Å². The van der Waals surface area contributed by atoms with Crippen LogP contribution in [0, 0.1) is 17.8 Å². The van der Waals surface area contributed by atoms with Gasteiger partial charge in [-0.1, -0.05) is 79.5 Å². The minimum atomic E-state index is -0.0281. The van der Waals surface area contributed by atoms with Crippen molar-refractivity contribution < 1.29 is 4.79 Å². The highest BCUT2D eigenvalue weighted by atomic mass is 35.5. The summed E-state index contributed by atoms with van der Waals surface area (Å²) < 4.78 is 1.95. The van der Waals surface area contributed by atoms with Crippen LogP contribution in [0.1, 0.15) is 97.9 Å². The molecule has 5 unspecified atom stereocenters. The summed E-state index contributed by atoms with van der Waals surface area (Å²) in [5, 5.41) is 10.4. The standard InChI is InChI=1S/C33H38Cl3N3O/c1-2-22-17-21-6-5-8-23(18-21)30(22)37-33(40)31-27-9-4-3-7-24(16-20-10-12-25(34)13-11-20)32(27)39(38-31)29-15-14-26(35)19-28(29)36/h10-15,19,21-24,30H,2-9,16-18H2,1H3,(H,37,40). The SMILES string of the molecule is CCC1CC2CCCC(C2)C1NC(=O)c1nn(-c2ccc(Cl)cc2Cl)c2c1CCCCC2Cc1ccc(Cl)cc1. The Morgan fingerprint density at radius 2 is 1.77 bits per heavy atom. The molecule has 1 aromatic heterocycles. The fraction of sp³-hybridized carbons (Fsp3) is 0.515. The lowest BCUT2D eigenvalue weighted by atomic mass is 9.64. The molecule has 0 saturated heterocycles. The molecular formula is C33H38Cl3N3O. The lowest BCUT2D eigenvalue weighted by Gasteiger charge is -2.45. The van der Waals surface area contributed by atoms with Gasteiger partial charge in [0.2, 0.25) is 0 Å². The van der Waals surface area contributed by atoms with Crippen LogP contribution in [0.5, 0.6) is 0 Å². The first-order valence-corrected chi connectivity index (χ1v) is 16.2. The van der Waals surface area contributed by atoms with Gasteiger partial charge in [0, 0.05) is 27.6 Å². The minimum absolute atomic E-state index is 0.0281. The van der Waals surface area contributed by atoms with Gasteiger partial charge in [0.05, 0.1) is 16.4 Å². The number of nitrogens with one attached hydrogen (secondary N) is 1. The second kappa shape index (κ2) is 12.1. The molecule has 1 amide bonds. The summed E-state index contributed by atoms with van der Waals surface area (Å²) in [6.45, 7) is 2.27. The van der Waals surface area contributed by atoms with Gasteiger partial charge in [-0.05, 0) is 98.6 Å². The number of nitrogens with zero attached hydrogens (tertiary/aromatic N) is 2. The van der Waals surface area contributed by atoms with Gasteiger partial charge in [-0.25, -0.2) is 4.68 Å². The van der Waals surface area contributed by atoms with E-state index in [9.17, 15) is 4.79 Å². The van der Waals surface area contributed by atoms with Gasteiger partial charge in [-0.15, -0.1) is 0 Å². The Balaban J connectivity index is 1.40. The van der Waals surface area contributed by atoms with Gasteiger partial charge >= 0.3 is 0 Å². The Morgan fingerprint density at radius 3 is 2.55 bits per heavy atom. The molecule has 1 heterocycles. The summed E-state index contributed by atoms with van der Waals surface area (Å²) in [6, 6.07) is 13.8. The van der Waals surface area contributed by atoms with Crippen molar-refractivity contribution in [1.82, 2.24) is 15.1 Å². The molecule has 212 valence electrons. The van der Waals surface area contributed by atoms with E-state index in [1.165, 1.54) is 37.7 Å². The van der Waals surface area contributed by atoms with Crippen LogP contribution >= 0.6 is 34.8 Å². The highest BCUT2D eigenvalue weighted by Crippen LogP contribution is 2.44. The first-order valence-electron chi connectivity index (χ1n) is 15.0. The zero-order valence-electron chi connectivity index (χ0n) is 23.1. The minimum Gasteiger partial charge on any atom is -0.347 e. The van der Waals surface area contributed by atoms with Crippen LogP contribution in [0.3, 0.4) is 0 Å². The van der Waals surface area contributed by atoms with E-state index in [0.29, 0.717) is 27.6 Å². The highest BCUT2D eigenvalue weighted by Gasteiger charge is 2.41. The number of rotatable bonds is 6. The molecule has 3 aliphatic rings. The van der Waals surface area contributed by atoms with Crippen molar-refractivity contribution >= 4 is 40.7 Å². The molecule has 7 heteroatoms. The number of carbonyl (C=O) groups excluding carboxylic acids is 1. The lowest BCUT2D eigenvalue weighted by molar-refractivity contribution is 0.0675. The number of hydrogen-bond donors (Lipinski definition) is 1. The van der Waals surface area contributed by atoms with E-state index in [0.717, 1.165) is 66.4 Å². The van der Waals surface area contributed by atoms with E-state index in [1.807, 2.05) is 28.9 Å². The number of aromatic nitrogens is 2. The maximum Gasteiger partial charge on any atom is 0.272 e. The smallest absolute Gasteiger partial charge is 0.272 e. The van der Waals surface area contributed by atoms with Gasteiger partial charge < -0.3 is 5.32 Å². The van der Waals surface area contributed by atoms with Gasteiger partial charge in [0.15, 0.2) is 5.69 Å². The van der Waals surface area contributed by atoms with Gasteiger partial charge in [-0.2, -0.15) is 5.10 Å². The number of benzene rings is 2. The molecule has 0 aliphatic heterocycles. The number of carbonyl (C=O) groups is 1. The third-order valence-electron chi connectivity index (χ3n) is 9.68. The average Bonchev–Trinajstić information content (AvgIpc) is 3.19. The van der Waals surface area contributed by atoms with Crippen LogP contribution in [-0.2, 0) is 12.8 Å². The van der Waals surface area contributed by atoms with Crippen molar-refractivity contribution in [1.29, 1.82) is 0 Å². The van der Waals surface area contributed by atoms with Gasteiger partial charge in [0.1, 0.15) is 0 Å². The molecule has 4 nitrogen and oxygen atoms in total. The average molecular weight is 599 g/mol. The summed E-state index contributed by atoms with van der Waals surface area (Å²) in [5.74, 6) is 2.12. The Hall–Kier alpha value is -2.01. The molecule has 2 fully saturated rings. The van der Waals surface area contributed by atoms with Crippen molar-refractivity contribution in [3.63, 3.8) is 0 Å². The van der Waals surface area contributed by atoms with Crippen LogP contribution in [0.25, 0.3) is 5.69 Å². The molecule has 1 N–H and O–H groups in total.